The molecule has 1 aromatic carbocycles. The van der Waals surface area contributed by atoms with Crippen LogP contribution in [-0.2, 0) is 21.4 Å². The predicted molar refractivity (Wildman–Crippen MR) is 118 cm³/mol. The summed E-state index contributed by atoms with van der Waals surface area (Å²) in [4.78, 5) is 14.0. The van der Waals surface area contributed by atoms with Crippen molar-refractivity contribution in [3.05, 3.63) is 23.3 Å². The SMILES string of the molecule is CO[C@@]12CCC(NC(C)CC(=O)O)C3Oc4c(O)ccc5c4[C@@]31CCN(CC1CC1)[C@@H]2C5. The number of hydrogen-bond donors (Lipinski definition) is 3. The number of benzene rings is 1. The molecule has 2 saturated carbocycles. The number of carbonyl (C=O) groups is 1. The molecule has 0 radical (unpaired) electrons. The molecule has 0 aromatic heterocycles. The molecule has 174 valence electrons. The summed E-state index contributed by atoms with van der Waals surface area (Å²) in [6, 6.07) is 4.02. The highest BCUT2D eigenvalue weighted by Gasteiger charge is 2.73. The van der Waals surface area contributed by atoms with Crippen molar-refractivity contribution in [2.45, 2.75) is 87.1 Å². The Bertz CT molecular complexity index is 949. The lowest BCUT2D eigenvalue weighted by molar-refractivity contribution is -0.208. The summed E-state index contributed by atoms with van der Waals surface area (Å²) in [5.74, 6) is 0.850. The summed E-state index contributed by atoms with van der Waals surface area (Å²) < 4.78 is 13.2. The fourth-order valence-corrected chi connectivity index (χ4v) is 7.73. The van der Waals surface area contributed by atoms with Gasteiger partial charge in [0.15, 0.2) is 11.5 Å². The number of nitrogens with zero attached hydrogens (tertiary/aromatic N) is 1. The molecular formula is C25H34N2O5. The molecule has 3 aliphatic carbocycles. The van der Waals surface area contributed by atoms with Gasteiger partial charge in [-0.05, 0) is 69.5 Å². The lowest BCUT2D eigenvalue weighted by atomic mass is 9.48. The molecule has 1 spiro atoms. The van der Waals surface area contributed by atoms with Gasteiger partial charge in [0.1, 0.15) is 6.10 Å². The number of methoxy groups -OCH3 is 1. The standard InChI is InChI=1S/C25H34N2O5/c1-14(11-20(29)30)26-17-7-8-25(31-2)19-12-16-5-6-18(28)22-21(16)24(25,23(17)32-22)9-10-27(19)13-15-3-4-15/h5-6,14-15,17,19,23,26,28H,3-4,7-13H2,1-2H3,(H,29,30)/t14?,17?,19-,23?,24+,25-/m1/s1. The van der Waals surface area contributed by atoms with E-state index in [1.807, 2.05) is 14.0 Å². The molecule has 6 atom stereocenters. The quantitative estimate of drug-likeness (QED) is 0.597. The van der Waals surface area contributed by atoms with E-state index in [1.54, 1.807) is 6.07 Å². The van der Waals surface area contributed by atoms with E-state index < -0.39 is 5.97 Å². The Labute approximate surface area is 189 Å². The highest BCUT2D eigenvalue weighted by Crippen LogP contribution is 2.66. The Balaban J connectivity index is 1.45. The first-order chi connectivity index (χ1) is 15.4. The summed E-state index contributed by atoms with van der Waals surface area (Å²) in [7, 11) is 1.86. The zero-order valence-electron chi connectivity index (χ0n) is 19.0. The zero-order valence-corrected chi connectivity index (χ0v) is 19.0. The number of nitrogens with one attached hydrogen (secondary N) is 1. The van der Waals surface area contributed by atoms with Crippen LogP contribution in [0.15, 0.2) is 12.1 Å². The number of carboxylic acid groups (broad SMARTS) is 1. The van der Waals surface area contributed by atoms with Gasteiger partial charge in [-0.3, -0.25) is 9.69 Å². The van der Waals surface area contributed by atoms with Gasteiger partial charge in [-0.1, -0.05) is 6.07 Å². The van der Waals surface area contributed by atoms with Crippen LogP contribution >= 0.6 is 0 Å². The number of piperidine rings is 1. The fraction of sp³-hybridized carbons (Fsp3) is 0.720. The van der Waals surface area contributed by atoms with E-state index in [0.717, 1.165) is 50.3 Å². The van der Waals surface area contributed by atoms with E-state index in [9.17, 15) is 15.0 Å². The highest BCUT2D eigenvalue weighted by atomic mass is 16.5. The third-order valence-corrected chi connectivity index (χ3v) is 9.07. The van der Waals surface area contributed by atoms with Crippen LogP contribution in [0.1, 0.15) is 56.6 Å². The van der Waals surface area contributed by atoms with Gasteiger partial charge in [0.25, 0.3) is 0 Å². The Morgan fingerprint density at radius 1 is 1.34 bits per heavy atom. The Morgan fingerprint density at radius 3 is 2.88 bits per heavy atom. The minimum absolute atomic E-state index is 0.0148. The first kappa shape index (κ1) is 20.8. The number of rotatable bonds is 7. The second kappa shape index (κ2) is 7.08. The number of carboxylic acids is 1. The lowest BCUT2D eigenvalue weighted by Crippen LogP contribution is -2.78. The summed E-state index contributed by atoms with van der Waals surface area (Å²) in [6.45, 7) is 4.09. The molecule has 3 fully saturated rings. The van der Waals surface area contributed by atoms with Gasteiger partial charge < -0.3 is 25.0 Å². The van der Waals surface area contributed by atoms with E-state index in [2.05, 4.69) is 16.3 Å². The van der Waals surface area contributed by atoms with Crippen LogP contribution in [0.25, 0.3) is 0 Å². The molecule has 32 heavy (non-hydrogen) atoms. The van der Waals surface area contributed by atoms with Crippen LogP contribution in [0.4, 0.5) is 0 Å². The third-order valence-electron chi connectivity index (χ3n) is 9.07. The van der Waals surface area contributed by atoms with E-state index in [0.29, 0.717) is 11.8 Å². The van der Waals surface area contributed by atoms with Crippen molar-refractivity contribution in [2.75, 3.05) is 20.2 Å². The van der Waals surface area contributed by atoms with Crippen LogP contribution < -0.4 is 10.1 Å². The molecule has 1 saturated heterocycles. The van der Waals surface area contributed by atoms with E-state index in [1.165, 1.54) is 18.4 Å². The van der Waals surface area contributed by atoms with Crippen LogP contribution in [-0.4, -0.2) is 71.1 Å². The molecule has 3 unspecified atom stereocenters. The summed E-state index contributed by atoms with van der Waals surface area (Å²) in [5.41, 5.74) is 1.75. The van der Waals surface area contributed by atoms with E-state index in [4.69, 9.17) is 9.47 Å². The Morgan fingerprint density at radius 2 is 2.16 bits per heavy atom. The van der Waals surface area contributed by atoms with Crippen LogP contribution in [0.2, 0.25) is 0 Å². The van der Waals surface area contributed by atoms with Crippen molar-refractivity contribution in [1.82, 2.24) is 10.2 Å². The summed E-state index contributed by atoms with van der Waals surface area (Å²) in [6.07, 6.45) is 6.19. The molecule has 0 amide bonds. The van der Waals surface area contributed by atoms with Crippen LogP contribution in [0.5, 0.6) is 11.5 Å². The van der Waals surface area contributed by atoms with Crippen molar-refractivity contribution >= 4 is 5.97 Å². The molecule has 7 nitrogen and oxygen atoms in total. The molecule has 2 heterocycles. The zero-order chi connectivity index (χ0) is 22.3. The summed E-state index contributed by atoms with van der Waals surface area (Å²) >= 11 is 0. The second-order valence-electron chi connectivity index (χ2n) is 10.8. The molecule has 6 rings (SSSR count). The highest BCUT2D eigenvalue weighted by molar-refractivity contribution is 5.67. The maximum Gasteiger partial charge on any atom is 0.304 e. The summed E-state index contributed by atoms with van der Waals surface area (Å²) in [5, 5.41) is 23.6. The van der Waals surface area contributed by atoms with E-state index >= 15 is 0 Å². The number of phenols is 1. The number of hydrogen-bond acceptors (Lipinski definition) is 6. The van der Waals surface area contributed by atoms with Gasteiger partial charge in [0.05, 0.1) is 17.4 Å². The minimum atomic E-state index is -0.799. The van der Waals surface area contributed by atoms with E-state index in [-0.39, 0.29) is 41.4 Å². The largest absolute Gasteiger partial charge is 0.504 e. The smallest absolute Gasteiger partial charge is 0.304 e. The molecule has 2 bridgehead atoms. The number of phenolic OH excluding ortho intramolecular Hbond substituents is 1. The first-order valence-corrected chi connectivity index (χ1v) is 12.2. The van der Waals surface area contributed by atoms with Gasteiger partial charge in [-0.2, -0.15) is 0 Å². The average Bonchev–Trinajstić information content (AvgIpc) is 3.49. The van der Waals surface area contributed by atoms with Gasteiger partial charge in [0, 0.05) is 37.3 Å². The molecule has 7 heteroatoms. The van der Waals surface area contributed by atoms with Crippen molar-refractivity contribution in [3.63, 3.8) is 0 Å². The fourth-order valence-electron chi connectivity index (χ4n) is 7.73. The molecule has 5 aliphatic rings. The first-order valence-electron chi connectivity index (χ1n) is 12.2. The molecule has 1 aromatic rings. The topological polar surface area (TPSA) is 91.3 Å². The molecule has 2 aliphatic heterocycles. The normalized spacial score (nSPS) is 38.1. The van der Waals surface area contributed by atoms with Crippen molar-refractivity contribution < 1.29 is 24.5 Å². The number of aliphatic carboxylic acids is 1. The number of aromatic hydroxyl groups is 1. The van der Waals surface area contributed by atoms with Gasteiger partial charge in [0.2, 0.25) is 0 Å². The van der Waals surface area contributed by atoms with Gasteiger partial charge >= 0.3 is 5.97 Å². The van der Waals surface area contributed by atoms with Crippen LogP contribution in [0.3, 0.4) is 0 Å². The average molecular weight is 443 g/mol. The lowest BCUT2D eigenvalue weighted by Gasteiger charge is -2.66. The predicted octanol–water partition coefficient (Wildman–Crippen LogP) is 2.43. The monoisotopic (exact) mass is 442 g/mol. The number of ether oxygens (including phenoxy) is 2. The van der Waals surface area contributed by atoms with Crippen molar-refractivity contribution in [3.8, 4) is 11.5 Å². The number of likely N-dealkylation sites (tertiary alicyclic amines) is 1. The second-order valence-corrected chi connectivity index (χ2v) is 10.8. The van der Waals surface area contributed by atoms with Gasteiger partial charge in [-0.15, -0.1) is 0 Å². The van der Waals surface area contributed by atoms with Gasteiger partial charge in [-0.25, -0.2) is 0 Å². The maximum atomic E-state index is 11.3. The van der Waals surface area contributed by atoms with Crippen molar-refractivity contribution in [1.29, 1.82) is 0 Å². The maximum absolute atomic E-state index is 11.3. The molecular weight excluding hydrogens is 408 g/mol. The minimum Gasteiger partial charge on any atom is -0.504 e. The Hall–Kier alpha value is -1.83. The molecule has 3 N–H and O–H groups in total. The van der Waals surface area contributed by atoms with Crippen LogP contribution in [0, 0.1) is 5.92 Å². The van der Waals surface area contributed by atoms with Crippen molar-refractivity contribution in [2.24, 2.45) is 5.92 Å². The third kappa shape index (κ3) is 2.68. The Kier molecular flexibility index (Phi) is 4.59.